The molecule has 3 aromatic rings. The van der Waals surface area contributed by atoms with Gasteiger partial charge in [-0.15, -0.1) is 0 Å². The number of aliphatic imine (C=N–C) groups is 1. The second-order valence-corrected chi connectivity index (χ2v) is 7.50. The van der Waals surface area contributed by atoms with Crippen LogP contribution in [0.2, 0.25) is 0 Å². The molecule has 33 heavy (non-hydrogen) atoms. The summed E-state index contributed by atoms with van der Waals surface area (Å²) in [5.74, 6) is 0.700. The first-order chi connectivity index (χ1) is 16.0. The van der Waals surface area contributed by atoms with Crippen molar-refractivity contribution in [2.24, 2.45) is 4.99 Å². The van der Waals surface area contributed by atoms with E-state index in [1.54, 1.807) is 35.5 Å². The van der Waals surface area contributed by atoms with Crippen LogP contribution in [0.3, 0.4) is 0 Å². The summed E-state index contributed by atoms with van der Waals surface area (Å²) in [5, 5.41) is 20.2. The number of rotatable bonds is 7. The summed E-state index contributed by atoms with van der Waals surface area (Å²) in [6.07, 6.45) is 2.31. The van der Waals surface area contributed by atoms with Crippen molar-refractivity contribution in [1.29, 1.82) is 0 Å². The molecular weight excluding hydrogens is 500 g/mol. The van der Waals surface area contributed by atoms with Crippen LogP contribution in [-0.2, 0) is 16.2 Å². The van der Waals surface area contributed by atoms with E-state index in [4.69, 9.17) is 19.9 Å². The maximum Gasteiger partial charge on any atom is 0.515 e. The smallest absolute Gasteiger partial charge is 0.412 e. The molecule has 1 aromatic heterocycles. The van der Waals surface area contributed by atoms with Gasteiger partial charge in [-0.2, -0.15) is 0 Å². The predicted molar refractivity (Wildman–Crippen MR) is 118 cm³/mol. The molecular formula is C20H19BrN6O6. The molecule has 13 heteroatoms. The van der Waals surface area contributed by atoms with Gasteiger partial charge in [0.25, 0.3) is 0 Å². The number of hydrogen-bond acceptors (Lipinski definition) is 12. The predicted octanol–water partition coefficient (Wildman–Crippen LogP) is 3.16. The van der Waals surface area contributed by atoms with Crippen LogP contribution in [0.4, 0.5) is 10.5 Å². The summed E-state index contributed by atoms with van der Waals surface area (Å²) in [4.78, 5) is 31.6. The quantitative estimate of drug-likeness (QED) is 0.241. The van der Waals surface area contributed by atoms with Gasteiger partial charge in [-0.3, -0.25) is 25.4 Å². The Kier molecular flexibility index (Phi) is 7.26. The van der Waals surface area contributed by atoms with Gasteiger partial charge in [0.05, 0.1) is 27.6 Å². The average Bonchev–Trinajstić information content (AvgIpc) is 3.26. The van der Waals surface area contributed by atoms with Gasteiger partial charge in [0, 0.05) is 24.5 Å². The highest BCUT2D eigenvalue weighted by Crippen LogP contribution is 2.29. The van der Waals surface area contributed by atoms with E-state index in [2.05, 4.69) is 41.0 Å². The number of nitrogens with zero attached hydrogens (tertiary/aromatic N) is 5. The molecule has 2 aromatic carbocycles. The lowest BCUT2D eigenvalue weighted by Crippen LogP contribution is -2.36. The molecule has 0 fully saturated rings. The molecule has 0 unspecified atom stereocenters. The van der Waals surface area contributed by atoms with Crippen LogP contribution in [0.1, 0.15) is 5.56 Å². The second-order valence-electron chi connectivity index (χ2n) is 6.70. The summed E-state index contributed by atoms with van der Waals surface area (Å²) in [6.45, 7) is 0.766. The largest absolute Gasteiger partial charge is 0.515 e. The molecule has 0 radical (unpaired) electrons. The maximum absolute atomic E-state index is 12.2. The fourth-order valence-corrected chi connectivity index (χ4v) is 3.58. The molecule has 172 valence electrons. The van der Waals surface area contributed by atoms with Crippen LogP contribution in [0.25, 0.3) is 11.0 Å². The number of fused-ring (bicyclic) bond motifs is 1. The molecule has 0 saturated carbocycles. The fraction of sp³-hybridized carbons (Fsp3) is 0.200. The van der Waals surface area contributed by atoms with Gasteiger partial charge in [0.15, 0.2) is 6.73 Å². The van der Waals surface area contributed by atoms with Gasteiger partial charge in [-0.25, -0.2) is 9.63 Å². The molecule has 0 saturated heterocycles. The number of para-hydroxylation sites is 1. The Hall–Kier alpha value is -3.36. The average molecular weight is 519 g/mol. The minimum Gasteiger partial charge on any atom is -0.412 e. The van der Waals surface area contributed by atoms with E-state index in [-0.39, 0.29) is 19.1 Å². The minimum absolute atomic E-state index is 0.0879. The molecule has 3 N–H and O–H groups in total. The van der Waals surface area contributed by atoms with Gasteiger partial charge >= 0.3 is 6.16 Å². The maximum atomic E-state index is 12.2. The van der Waals surface area contributed by atoms with E-state index in [1.807, 2.05) is 12.1 Å². The van der Waals surface area contributed by atoms with Crippen LogP contribution >= 0.6 is 15.9 Å². The number of benzene rings is 2. The van der Waals surface area contributed by atoms with Crippen LogP contribution in [0, 0.1) is 0 Å². The zero-order chi connectivity index (χ0) is 23.2. The van der Waals surface area contributed by atoms with Crippen molar-refractivity contribution in [3.63, 3.8) is 0 Å². The number of hydrogen-bond donors (Lipinski definition) is 3. The molecule has 0 spiro atoms. The van der Waals surface area contributed by atoms with Crippen LogP contribution < -0.4 is 10.1 Å². The summed E-state index contributed by atoms with van der Waals surface area (Å²) < 4.78 is 11.2. The molecule has 1 aliphatic rings. The Morgan fingerprint density at radius 3 is 2.85 bits per heavy atom. The van der Waals surface area contributed by atoms with Crippen LogP contribution in [0.15, 0.2) is 58.3 Å². The number of carbonyl (C=O) groups is 1. The fourth-order valence-electron chi connectivity index (χ4n) is 3.05. The Labute approximate surface area is 196 Å². The first kappa shape index (κ1) is 22.8. The monoisotopic (exact) mass is 518 g/mol. The summed E-state index contributed by atoms with van der Waals surface area (Å²) in [5.41, 5.74) is 2.62. The van der Waals surface area contributed by atoms with Crippen LogP contribution in [0.5, 0.6) is 5.75 Å². The van der Waals surface area contributed by atoms with Crippen molar-refractivity contribution < 1.29 is 29.5 Å². The lowest BCUT2D eigenvalue weighted by Gasteiger charge is -2.21. The third-order valence-corrected chi connectivity index (χ3v) is 5.40. The number of guanidine groups is 1. The lowest BCUT2D eigenvalue weighted by atomic mass is 10.2. The van der Waals surface area contributed by atoms with E-state index in [9.17, 15) is 4.79 Å². The Balaban J connectivity index is 1.35. The zero-order valence-corrected chi connectivity index (χ0v) is 18.7. The van der Waals surface area contributed by atoms with E-state index < -0.39 is 11.5 Å². The molecule has 0 amide bonds. The third-order valence-electron chi connectivity index (χ3n) is 4.60. The first-order valence-electron chi connectivity index (χ1n) is 9.70. The topological polar surface area (TPSA) is 142 Å². The van der Waals surface area contributed by atoms with Crippen molar-refractivity contribution in [2.45, 2.75) is 6.61 Å². The number of nitrogens with one attached hydrogen (secondary N) is 1. The molecule has 0 atom stereocenters. The SMILES string of the molecule is O=C(OCN1CCN=C1Nc1ccc2nccnc2c1Br)Oc1ccccc1CON(O)O. The molecule has 2 heterocycles. The Morgan fingerprint density at radius 1 is 1.18 bits per heavy atom. The summed E-state index contributed by atoms with van der Waals surface area (Å²) >= 11 is 3.55. The normalized spacial score (nSPS) is 13.3. The number of halogens is 1. The lowest BCUT2D eigenvalue weighted by molar-refractivity contribution is -0.497. The van der Waals surface area contributed by atoms with E-state index in [0.717, 1.165) is 15.7 Å². The van der Waals surface area contributed by atoms with E-state index >= 15 is 0 Å². The first-order valence-corrected chi connectivity index (χ1v) is 10.5. The van der Waals surface area contributed by atoms with Crippen molar-refractivity contribution in [3.05, 3.63) is 58.8 Å². The number of carbonyl (C=O) groups excluding carboxylic acids is 1. The summed E-state index contributed by atoms with van der Waals surface area (Å²) in [7, 11) is 0. The standard InChI is InChI=1S/C20H19BrN6O6/c21-17-14(5-6-15-18(17)23-8-7-22-15)25-19-24-9-10-26(19)12-31-20(28)33-16-4-2-1-3-13(16)11-32-27(29)30/h1-8,29-30H,9-12H2,(H,24,25). The Bertz CT molecular complexity index is 1180. The number of ether oxygens (including phenoxy) is 2. The molecule has 4 rings (SSSR count). The second kappa shape index (κ2) is 10.5. The van der Waals surface area contributed by atoms with Gasteiger partial charge in [0.2, 0.25) is 5.96 Å². The van der Waals surface area contributed by atoms with Gasteiger partial charge < -0.3 is 19.7 Å². The third kappa shape index (κ3) is 5.71. The van der Waals surface area contributed by atoms with Crippen molar-refractivity contribution in [1.82, 2.24) is 20.3 Å². The highest BCUT2D eigenvalue weighted by atomic mass is 79.9. The minimum atomic E-state index is -0.930. The molecule has 1 aliphatic heterocycles. The van der Waals surface area contributed by atoms with Gasteiger partial charge in [-0.05, 0) is 34.1 Å². The highest BCUT2D eigenvalue weighted by molar-refractivity contribution is 9.10. The number of aromatic nitrogens is 2. The van der Waals surface area contributed by atoms with Crippen molar-refractivity contribution in [3.8, 4) is 5.75 Å². The van der Waals surface area contributed by atoms with Gasteiger partial charge in [-0.1, -0.05) is 18.2 Å². The van der Waals surface area contributed by atoms with E-state index in [0.29, 0.717) is 30.1 Å². The molecule has 0 bridgehead atoms. The van der Waals surface area contributed by atoms with Gasteiger partial charge in [0.1, 0.15) is 17.9 Å². The van der Waals surface area contributed by atoms with E-state index in [1.165, 1.54) is 6.07 Å². The number of anilines is 1. The zero-order valence-electron chi connectivity index (χ0n) is 17.1. The highest BCUT2D eigenvalue weighted by Gasteiger charge is 2.21. The Morgan fingerprint density at radius 2 is 2.00 bits per heavy atom. The van der Waals surface area contributed by atoms with Crippen molar-refractivity contribution >= 4 is 44.8 Å². The summed E-state index contributed by atoms with van der Waals surface area (Å²) in [6, 6.07) is 10.2. The van der Waals surface area contributed by atoms with Crippen LogP contribution in [-0.4, -0.2) is 62.6 Å². The van der Waals surface area contributed by atoms with Crippen molar-refractivity contribution in [2.75, 3.05) is 25.1 Å². The molecule has 12 nitrogen and oxygen atoms in total. The molecule has 0 aliphatic carbocycles.